The van der Waals surface area contributed by atoms with Crippen molar-refractivity contribution in [2.45, 2.75) is 19.7 Å². The Balaban J connectivity index is 1.71. The lowest BCUT2D eigenvalue weighted by Gasteiger charge is -2.17. The SMILES string of the molecule is COc1ccc(CNCc2c(Br)ccc(OC)c2OCc2ccccc2)cc1. The lowest BCUT2D eigenvalue weighted by atomic mass is 10.1. The summed E-state index contributed by atoms with van der Waals surface area (Å²) in [4.78, 5) is 0. The molecule has 0 aliphatic heterocycles. The molecule has 1 N–H and O–H groups in total. The summed E-state index contributed by atoms with van der Waals surface area (Å²) in [5.41, 5.74) is 3.33. The second-order valence-electron chi connectivity index (χ2n) is 6.28. The molecule has 0 radical (unpaired) electrons. The van der Waals surface area contributed by atoms with E-state index in [1.807, 2.05) is 54.6 Å². The van der Waals surface area contributed by atoms with Crippen LogP contribution in [0.3, 0.4) is 0 Å². The number of methoxy groups -OCH3 is 2. The van der Waals surface area contributed by atoms with E-state index in [9.17, 15) is 0 Å². The molecule has 0 aliphatic rings. The van der Waals surface area contributed by atoms with Crippen molar-refractivity contribution in [3.05, 3.63) is 87.9 Å². The number of hydrogen-bond acceptors (Lipinski definition) is 4. The fourth-order valence-electron chi connectivity index (χ4n) is 2.87. The fraction of sp³-hybridized carbons (Fsp3) is 0.217. The molecule has 4 nitrogen and oxygen atoms in total. The van der Waals surface area contributed by atoms with Gasteiger partial charge in [0.1, 0.15) is 12.4 Å². The van der Waals surface area contributed by atoms with Crippen molar-refractivity contribution in [2.24, 2.45) is 0 Å². The van der Waals surface area contributed by atoms with Crippen LogP contribution in [0.25, 0.3) is 0 Å². The fourth-order valence-corrected chi connectivity index (χ4v) is 3.32. The number of nitrogens with one attached hydrogen (secondary N) is 1. The van der Waals surface area contributed by atoms with Gasteiger partial charge in [-0.25, -0.2) is 0 Å². The standard InChI is InChI=1S/C23H24BrNO3/c1-26-19-10-8-17(9-11-19)14-25-15-20-21(24)12-13-22(27-2)23(20)28-16-18-6-4-3-5-7-18/h3-13,25H,14-16H2,1-2H3. The van der Waals surface area contributed by atoms with Crippen LogP contribution in [0.1, 0.15) is 16.7 Å². The van der Waals surface area contributed by atoms with Gasteiger partial charge in [-0.2, -0.15) is 0 Å². The molecule has 0 saturated heterocycles. The van der Waals surface area contributed by atoms with Gasteiger partial charge in [-0.05, 0) is 35.4 Å². The van der Waals surface area contributed by atoms with Gasteiger partial charge in [0, 0.05) is 23.1 Å². The van der Waals surface area contributed by atoms with E-state index in [-0.39, 0.29) is 0 Å². The van der Waals surface area contributed by atoms with Gasteiger partial charge in [0.15, 0.2) is 11.5 Å². The molecule has 0 bridgehead atoms. The minimum Gasteiger partial charge on any atom is -0.497 e. The predicted octanol–water partition coefficient (Wildman–Crippen LogP) is 5.34. The van der Waals surface area contributed by atoms with Gasteiger partial charge >= 0.3 is 0 Å². The number of halogens is 1. The molecule has 146 valence electrons. The summed E-state index contributed by atoms with van der Waals surface area (Å²) < 4.78 is 17.9. The van der Waals surface area contributed by atoms with E-state index < -0.39 is 0 Å². The molecule has 0 heterocycles. The van der Waals surface area contributed by atoms with Crippen molar-refractivity contribution in [1.82, 2.24) is 5.32 Å². The van der Waals surface area contributed by atoms with Crippen LogP contribution in [0.5, 0.6) is 17.2 Å². The Morgan fingerprint density at radius 3 is 2.21 bits per heavy atom. The van der Waals surface area contributed by atoms with E-state index in [2.05, 4.69) is 33.4 Å². The van der Waals surface area contributed by atoms with Crippen LogP contribution in [0.15, 0.2) is 71.2 Å². The second kappa shape index (κ2) is 10.2. The van der Waals surface area contributed by atoms with Crippen LogP contribution < -0.4 is 19.5 Å². The summed E-state index contributed by atoms with van der Waals surface area (Å²) in [6, 6.07) is 22.0. The lowest BCUT2D eigenvalue weighted by Crippen LogP contribution is -2.14. The third-order valence-corrected chi connectivity index (χ3v) is 5.15. The second-order valence-corrected chi connectivity index (χ2v) is 7.14. The van der Waals surface area contributed by atoms with Gasteiger partial charge in [0.2, 0.25) is 0 Å². The molecule has 0 saturated carbocycles. The van der Waals surface area contributed by atoms with E-state index in [0.717, 1.165) is 39.4 Å². The topological polar surface area (TPSA) is 39.7 Å². The highest BCUT2D eigenvalue weighted by Gasteiger charge is 2.15. The maximum atomic E-state index is 6.15. The van der Waals surface area contributed by atoms with Crippen LogP contribution in [-0.2, 0) is 19.7 Å². The summed E-state index contributed by atoms with van der Waals surface area (Å²) in [5, 5.41) is 3.48. The van der Waals surface area contributed by atoms with Crippen LogP contribution in [-0.4, -0.2) is 14.2 Å². The highest BCUT2D eigenvalue weighted by atomic mass is 79.9. The van der Waals surface area contributed by atoms with Crippen molar-refractivity contribution >= 4 is 15.9 Å². The Morgan fingerprint density at radius 2 is 1.54 bits per heavy atom. The van der Waals surface area contributed by atoms with Crippen molar-refractivity contribution in [3.63, 3.8) is 0 Å². The van der Waals surface area contributed by atoms with Crippen LogP contribution in [0.2, 0.25) is 0 Å². The lowest BCUT2D eigenvalue weighted by molar-refractivity contribution is 0.280. The Bertz CT molecular complexity index is 882. The largest absolute Gasteiger partial charge is 0.497 e. The number of rotatable bonds is 9. The summed E-state index contributed by atoms with van der Waals surface area (Å²) >= 11 is 3.65. The zero-order chi connectivity index (χ0) is 19.8. The molecule has 0 atom stereocenters. The van der Waals surface area contributed by atoms with Gasteiger partial charge in [0.25, 0.3) is 0 Å². The highest BCUT2D eigenvalue weighted by molar-refractivity contribution is 9.10. The van der Waals surface area contributed by atoms with Crippen molar-refractivity contribution in [3.8, 4) is 17.2 Å². The molecule has 28 heavy (non-hydrogen) atoms. The first-order valence-electron chi connectivity index (χ1n) is 9.07. The van der Waals surface area contributed by atoms with Crippen molar-refractivity contribution in [2.75, 3.05) is 14.2 Å². The zero-order valence-corrected chi connectivity index (χ0v) is 17.7. The normalized spacial score (nSPS) is 10.5. The Morgan fingerprint density at radius 1 is 0.786 bits per heavy atom. The highest BCUT2D eigenvalue weighted by Crippen LogP contribution is 2.36. The number of hydrogen-bond donors (Lipinski definition) is 1. The molecule has 3 aromatic carbocycles. The van der Waals surface area contributed by atoms with Crippen molar-refractivity contribution in [1.29, 1.82) is 0 Å². The van der Waals surface area contributed by atoms with Gasteiger partial charge in [-0.15, -0.1) is 0 Å². The maximum Gasteiger partial charge on any atom is 0.167 e. The minimum atomic E-state index is 0.485. The molecule has 0 fully saturated rings. The maximum absolute atomic E-state index is 6.15. The monoisotopic (exact) mass is 441 g/mol. The quantitative estimate of drug-likeness (QED) is 0.486. The molecule has 3 rings (SSSR count). The Hall–Kier alpha value is -2.50. The molecule has 0 aromatic heterocycles. The summed E-state index contributed by atoms with van der Waals surface area (Å²) in [6.45, 7) is 1.87. The summed E-state index contributed by atoms with van der Waals surface area (Å²) in [5.74, 6) is 2.33. The van der Waals surface area contributed by atoms with Crippen molar-refractivity contribution < 1.29 is 14.2 Å². The third kappa shape index (κ3) is 5.27. The summed E-state index contributed by atoms with van der Waals surface area (Å²) in [6.07, 6.45) is 0. The first-order chi connectivity index (χ1) is 13.7. The first-order valence-corrected chi connectivity index (χ1v) is 9.86. The Kier molecular flexibility index (Phi) is 7.34. The van der Waals surface area contributed by atoms with Gasteiger partial charge < -0.3 is 19.5 Å². The number of benzene rings is 3. The molecular weight excluding hydrogens is 418 g/mol. The van der Waals surface area contributed by atoms with Gasteiger partial charge in [0.05, 0.1) is 14.2 Å². The molecule has 3 aromatic rings. The molecule has 0 spiro atoms. The van der Waals surface area contributed by atoms with E-state index in [1.165, 1.54) is 5.56 Å². The zero-order valence-electron chi connectivity index (χ0n) is 16.1. The van der Waals surface area contributed by atoms with Gasteiger partial charge in [-0.1, -0.05) is 58.4 Å². The molecule has 0 aliphatic carbocycles. The number of ether oxygens (including phenoxy) is 3. The molecule has 5 heteroatoms. The van der Waals surface area contributed by atoms with E-state index in [1.54, 1.807) is 14.2 Å². The minimum absolute atomic E-state index is 0.485. The molecule has 0 amide bonds. The Labute approximate surface area is 174 Å². The van der Waals surface area contributed by atoms with E-state index in [4.69, 9.17) is 14.2 Å². The van der Waals surface area contributed by atoms with Crippen LogP contribution >= 0.6 is 15.9 Å². The van der Waals surface area contributed by atoms with E-state index in [0.29, 0.717) is 13.2 Å². The molecular formula is C23H24BrNO3. The van der Waals surface area contributed by atoms with Crippen LogP contribution in [0.4, 0.5) is 0 Å². The van der Waals surface area contributed by atoms with Crippen LogP contribution in [0, 0.1) is 0 Å². The van der Waals surface area contributed by atoms with E-state index >= 15 is 0 Å². The smallest absolute Gasteiger partial charge is 0.167 e. The average molecular weight is 442 g/mol. The average Bonchev–Trinajstić information content (AvgIpc) is 2.75. The molecule has 0 unspecified atom stereocenters. The summed E-state index contributed by atoms with van der Waals surface area (Å²) in [7, 11) is 3.33. The first kappa shape index (κ1) is 20.2. The third-order valence-electron chi connectivity index (χ3n) is 4.40. The predicted molar refractivity (Wildman–Crippen MR) is 115 cm³/mol. The van der Waals surface area contributed by atoms with Gasteiger partial charge in [-0.3, -0.25) is 0 Å².